The Bertz CT molecular complexity index is 440. The topological polar surface area (TPSA) is 91.3 Å². The number of rotatable bonds is 4. The van der Waals surface area contributed by atoms with Crippen LogP contribution in [-0.2, 0) is 16.0 Å². The van der Waals surface area contributed by atoms with Gasteiger partial charge in [-0.05, 0) is 38.8 Å². The van der Waals surface area contributed by atoms with E-state index >= 15 is 0 Å². The van der Waals surface area contributed by atoms with Crippen LogP contribution in [-0.4, -0.2) is 28.7 Å². The van der Waals surface area contributed by atoms with Crippen molar-refractivity contribution in [3.05, 3.63) is 30.1 Å². The average molecular weight is 265 g/mol. The molecule has 0 saturated heterocycles. The number of amides is 1. The van der Waals surface area contributed by atoms with E-state index in [0.29, 0.717) is 5.56 Å². The van der Waals surface area contributed by atoms with Gasteiger partial charge < -0.3 is 20.0 Å². The highest BCUT2D eigenvalue weighted by molar-refractivity contribution is 5.79. The zero-order chi connectivity index (χ0) is 14.5. The number of carbonyl (C=O) groups excluding carboxylic acids is 2. The van der Waals surface area contributed by atoms with Gasteiger partial charge in [-0.2, -0.15) is 0 Å². The highest BCUT2D eigenvalue weighted by Gasteiger charge is 2.20. The number of carboxylic acids is 1. The second-order valence-electron chi connectivity index (χ2n) is 5.08. The molecule has 0 aromatic carbocycles. The smallest absolute Gasteiger partial charge is 0.408 e. The van der Waals surface area contributed by atoms with Crippen LogP contribution >= 0.6 is 0 Å². The summed E-state index contributed by atoms with van der Waals surface area (Å²) in [6.45, 7) is 5.09. The van der Waals surface area contributed by atoms with Gasteiger partial charge in [0.2, 0.25) is 0 Å². The predicted molar refractivity (Wildman–Crippen MR) is 66.1 cm³/mol. The van der Waals surface area contributed by atoms with Crippen molar-refractivity contribution in [1.82, 2.24) is 10.3 Å². The average Bonchev–Trinajstić information content (AvgIpc) is 2.26. The molecular formula is C13H17N2O4-. The van der Waals surface area contributed by atoms with Gasteiger partial charge in [0, 0.05) is 12.4 Å². The largest absolute Gasteiger partial charge is 0.548 e. The van der Waals surface area contributed by atoms with Gasteiger partial charge in [-0.1, -0.05) is 6.07 Å². The molecule has 0 aliphatic rings. The van der Waals surface area contributed by atoms with E-state index in [1.165, 1.54) is 6.20 Å². The SMILES string of the molecule is CC(C)(C)OC(=O)N[C@@H](Cc1cccnc1)C(=O)[O-]. The van der Waals surface area contributed by atoms with Gasteiger partial charge in [-0.15, -0.1) is 0 Å². The van der Waals surface area contributed by atoms with Crippen molar-refractivity contribution in [3.63, 3.8) is 0 Å². The number of nitrogens with zero attached hydrogens (tertiary/aromatic N) is 1. The van der Waals surface area contributed by atoms with Crippen LogP contribution in [0.15, 0.2) is 24.5 Å². The Kier molecular flexibility index (Phi) is 4.86. The van der Waals surface area contributed by atoms with Crippen molar-refractivity contribution in [3.8, 4) is 0 Å². The Morgan fingerprint density at radius 2 is 2.16 bits per heavy atom. The molecule has 1 N–H and O–H groups in total. The predicted octanol–water partition coefficient (Wildman–Crippen LogP) is 0.267. The summed E-state index contributed by atoms with van der Waals surface area (Å²) < 4.78 is 5.00. The number of aliphatic carboxylic acids is 1. The summed E-state index contributed by atoms with van der Waals surface area (Å²) in [5.74, 6) is -1.37. The Balaban J connectivity index is 2.64. The van der Waals surface area contributed by atoms with E-state index in [1.807, 2.05) is 0 Å². The van der Waals surface area contributed by atoms with Crippen LogP contribution in [0.2, 0.25) is 0 Å². The number of hydrogen-bond acceptors (Lipinski definition) is 5. The monoisotopic (exact) mass is 265 g/mol. The molecular weight excluding hydrogens is 248 g/mol. The van der Waals surface area contributed by atoms with Crippen LogP contribution in [0.3, 0.4) is 0 Å². The van der Waals surface area contributed by atoms with Crippen molar-refractivity contribution in [2.45, 2.75) is 38.8 Å². The van der Waals surface area contributed by atoms with E-state index in [4.69, 9.17) is 4.74 Å². The van der Waals surface area contributed by atoms with Crippen molar-refractivity contribution in [2.24, 2.45) is 0 Å². The first-order valence-electron chi connectivity index (χ1n) is 5.87. The van der Waals surface area contributed by atoms with Crippen molar-refractivity contribution in [1.29, 1.82) is 0 Å². The maximum absolute atomic E-state index is 11.5. The summed E-state index contributed by atoms with van der Waals surface area (Å²) in [5.41, 5.74) is 0.00209. The van der Waals surface area contributed by atoms with Crippen LogP contribution in [0.5, 0.6) is 0 Å². The molecule has 1 atom stereocenters. The lowest BCUT2D eigenvalue weighted by atomic mass is 10.1. The van der Waals surface area contributed by atoms with Gasteiger partial charge in [-0.3, -0.25) is 4.98 Å². The summed E-state index contributed by atoms with van der Waals surface area (Å²) >= 11 is 0. The first-order valence-corrected chi connectivity index (χ1v) is 5.87. The molecule has 1 heterocycles. The van der Waals surface area contributed by atoms with E-state index in [9.17, 15) is 14.7 Å². The number of alkyl carbamates (subject to hydrolysis) is 1. The third-order valence-electron chi connectivity index (χ3n) is 2.14. The van der Waals surface area contributed by atoms with E-state index < -0.39 is 23.7 Å². The van der Waals surface area contributed by atoms with E-state index in [1.54, 1.807) is 39.1 Å². The van der Waals surface area contributed by atoms with Crippen LogP contribution in [0.25, 0.3) is 0 Å². The summed E-state index contributed by atoms with van der Waals surface area (Å²) in [4.78, 5) is 26.4. The number of nitrogens with one attached hydrogen (secondary N) is 1. The lowest BCUT2D eigenvalue weighted by Gasteiger charge is -2.24. The number of carboxylic acid groups (broad SMARTS) is 1. The molecule has 0 unspecified atom stereocenters. The molecule has 0 aliphatic heterocycles. The molecule has 0 radical (unpaired) electrons. The van der Waals surface area contributed by atoms with Crippen molar-refractivity contribution < 1.29 is 19.4 Å². The molecule has 6 nitrogen and oxygen atoms in total. The van der Waals surface area contributed by atoms with E-state index in [2.05, 4.69) is 10.3 Å². The molecule has 6 heteroatoms. The number of carbonyl (C=O) groups is 2. The fourth-order valence-electron chi connectivity index (χ4n) is 1.40. The lowest BCUT2D eigenvalue weighted by molar-refractivity contribution is -0.308. The Hall–Kier alpha value is -2.11. The van der Waals surface area contributed by atoms with Crippen molar-refractivity contribution in [2.75, 3.05) is 0 Å². The Morgan fingerprint density at radius 3 is 2.63 bits per heavy atom. The molecule has 1 amide bonds. The molecule has 0 fully saturated rings. The van der Waals surface area contributed by atoms with Gasteiger partial charge in [-0.25, -0.2) is 4.79 Å². The number of ether oxygens (including phenoxy) is 1. The molecule has 1 aromatic rings. The maximum Gasteiger partial charge on any atom is 0.408 e. The first-order chi connectivity index (χ1) is 8.78. The second kappa shape index (κ2) is 6.17. The normalized spacial score (nSPS) is 12.6. The quantitative estimate of drug-likeness (QED) is 0.843. The van der Waals surface area contributed by atoms with Gasteiger partial charge in [0.25, 0.3) is 0 Å². The molecule has 1 aromatic heterocycles. The summed E-state index contributed by atoms with van der Waals surface area (Å²) in [7, 11) is 0. The lowest BCUT2D eigenvalue weighted by Crippen LogP contribution is -2.50. The molecule has 0 spiro atoms. The molecule has 104 valence electrons. The number of hydrogen-bond donors (Lipinski definition) is 1. The van der Waals surface area contributed by atoms with E-state index in [0.717, 1.165) is 0 Å². The zero-order valence-corrected chi connectivity index (χ0v) is 11.2. The van der Waals surface area contributed by atoms with Crippen LogP contribution < -0.4 is 10.4 Å². The van der Waals surface area contributed by atoms with Crippen molar-refractivity contribution >= 4 is 12.1 Å². The third kappa shape index (κ3) is 5.85. The standard InChI is InChI=1S/C13H18N2O4/c1-13(2,3)19-12(18)15-10(11(16)17)7-9-5-4-6-14-8-9/h4-6,8,10H,7H2,1-3H3,(H,15,18)(H,16,17)/p-1/t10-/m0/s1. The molecule has 1 rings (SSSR count). The Morgan fingerprint density at radius 1 is 1.47 bits per heavy atom. The van der Waals surface area contributed by atoms with Crippen LogP contribution in [0.1, 0.15) is 26.3 Å². The minimum absolute atomic E-state index is 0.0927. The van der Waals surface area contributed by atoms with Gasteiger partial charge >= 0.3 is 6.09 Å². The second-order valence-corrected chi connectivity index (χ2v) is 5.08. The summed E-state index contributed by atoms with van der Waals surface area (Å²) in [6, 6.07) is 2.26. The molecule has 0 bridgehead atoms. The van der Waals surface area contributed by atoms with Gasteiger partial charge in [0.15, 0.2) is 0 Å². The fraction of sp³-hybridized carbons (Fsp3) is 0.462. The third-order valence-corrected chi connectivity index (χ3v) is 2.14. The van der Waals surface area contributed by atoms with Gasteiger partial charge in [0.05, 0.1) is 12.0 Å². The van der Waals surface area contributed by atoms with Crippen LogP contribution in [0, 0.1) is 0 Å². The van der Waals surface area contributed by atoms with E-state index in [-0.39, 0.29) is 6.42 Å². The molecule has 0 aliphatic carbocycles. The molecule has 19 heavy (non-hydrogen) atoms. The maximum atomic E-state index is 11.5. The first kappa shape index (κ1) is 14.9. The summed E-state index contributed by atoms with van der Waals surface area (Å²) in [6.07, 6.45) is 2.42. The minimum Gasteiger partial charge on any atom is -0.548 e. The Labute approximate surface area is 111 Å². The summed E-state index contributed by atoms with van der Waals surface area (Å²) in [5, 5.41) is 13.3. The zero-order valence-electron chi connectivity index (χ0n) is 11.2. The van der Waals surface area contributed by atoms with Gasteiger partial charge in [0.1, 0.15) is 5.60 Å². The molecule has 0 saturated carbocycles. The minimum atomic E-state index is -1.37. The highest BCUT2D eigenvalue weighted by atomic mass is 16.6. The van der Waals surface area contributed by atoms with Crippen LogP contribution in [0.4, 0.5) is 4.79 Å². The number of pyridine rings is 1. The highest BCUT2D eigenvalue weighted by Crippen LogP contribution is 2.07. The fourth-order valence-corrected chi connectivity index (χ4v) is 1.40. The number of aromatic nitrogens is 1.